The van der Waals surface area contributed by atoms with E-state index in [1.165, 1.54) is 0 Å². The van der Waals surface area contributed by atoms with Gasteiger partial charge in [-0.2, -0.15) is 0 Å². The van der Waals surface area contributed by atoms with Gasteiger partial charge in [-0.1, -0.05) is 17.7 Å². The van der Waals surface area contributed by atoms with E-state index < -0.39 is 0 Å². The number of anilines is 1. The molecule has 0 N–H and O–H groups in total. The predicted octanol–water partition coefficient (Wildman–Crippen LogP) is 3.19. The molecule has 1 amide bonds. The van der Waals surface area contributed by atoms with E-state index in [2.05, 4.69) is 11.9 Å². The van der Waals surface area contributed by atoms with Crippen molar-refractivity contribution in [1.29, 1.82) is 0 Å². The summed E-state index contributed by atoms with van der Waals surface area (Å²) in [6, 6.07) is 7.54. The summed E-state index contributed by atoms with van der Waals surface area (Å²) in [5.41, 5.74) is 0.905. The Hall–Kier alpha value is -1.10. The van der Waals surface area contributed by atoms with E-state index in [-0.39, 0.29) is 11.9 Å². The lowest BCUT2D eigenvalue weighted by Gasteiger charge is -2.27. The van der Waals surface area contributed by atoms with Gasteiger partial charge in [-0.25, -0.2) is 0 Å². The molecule has 0 radical (unpaired) electrons. The summed E-state index contributed by atoms with van der Waals surface area (Å²) in [6.45, 7) is 3.52. The molecular weight excluding hydrogens is 312 g/mol. The van der Waals surface area contributed by atoms with Crippen molar-refractivity contribution in [3.8, 4) is 0 Å². The summed E-state index contributed by atoms with van der Waals surface area (Å²) in [4.78, 5) is 16.8. The Morgan fingerprint density at radius 3 is 2.83 bits per heavy atom. The summed E-state index contributed by atoms with van der Waals surface area (Å²) in [5, 5.41) is 0.673. The number of nitrogens with zero attached hydrogens (tertiary/aromatic N) is 2. The highest BCUT2D eigenvalue weighted by molar-refractivity contribution is 6.30. The fraction of sp³-hybridized carbons (Fsp3) is 0.611. The lowest BCUT2D eigenvalue weighted by atomic mass is 9.96. The number of likely N-dealkylation sites (N-methyl/N-ethyl adjacent to an activating group) is 1. The largest absolute Gasteiger partial charge is 0.381 e. The van der Waals surface area contributed by atoms with Crippen molar-refractivity contribution in [3.63, 3.8) is 0 Å². The molecule has 1 aromatic carbocycles. The number of ether oxygens (including phenoxy) is 1. The smallest absolute Gasteiger partial charge is 0.244 e. The molecule has 1 atom stereocenters. The second kappa shape index (κ2) is 7.65. The summed E-state index contributed by atoms with van der Waals surface area (Å²) < 4.78 is 5.41. The Kier molecular flexibility index (Phi) is 5.57. The molecule has 1 aromatic rings. The van der Waals surface area contributed by atoms with Crippen LogP contribution < -0.4 is 4.90 Å². The normalized spacial score (nSPS) is 23.0. The van der Waals surface area contributed by atoms with Crippen molar-refractivity contribution >= 4 is 23.2 Å². The number of carbonyl (C=O) groups excluding carboxylic acids is 1. The predicted molar refractivity (Wildman–Crippen MR) is 93.0 cm³/mol. The third kappa shape index (κ3) is 4.06. The Balaban J connectivity index is 1.55. The molecular formula is C18H25ClN2O2. The molecule has 23 heavy (non-hydrogen) atoms. The lowest BCUT2D eigenvalue weighted by molar-refractivity contribution is -0.121. The van der Waals surface area contributed by atoms with Crippen LogP contribution in [0.1, 0.15) is 25.7 Å². The molecule has 3 rings (SSSR count). The van der Waals surface area contributed by atoms with Gasteiger partial charge >= 0.3 is 0 Å². The second-order valence-corrected chi connectivity index (χ2v) is 7.04. The van der Waals surface area contributed by atoms with Crippen LogP contribution in [0.3, 0.4) is 0 Å². The first kappa shape index (κ1) is 16.7. The molecule has 4 nitrogen and oxygen atoms in total. The molecule has 2 heterocycles. The van der Waals surface area contributed by atoms with Crippen LogP contribution in [-0.2, 0) is 9.53 Å². The topological polar surface area (TPSA) is 32.8 Å². The first-order valence-corrected chi connectivity index (χ1v) is 8.88. The zero-order valence-electron chi connectivity index (χ0n) is 13.7. The summed E-state index contributed by atoms with van der Waals surface area (Å²) in [6.07, 6.45) is 4.35. The number of hydrogen-bond acceptors (Lipinski definition) is 3. The number of carbonyl (C=O) groups is 1. The molecule has 2 aliphatic heterocycles. The van der Waals surface area contributed by atoms with Gasteiger partial charge < -0.3 is 9.64 Å². The molecule has 2 fully saturated rings. The molecule has 0 spiro atoms. The third-order valence-electron chi connectivity index (χ3n) is 5.06. The Labute approximate surface area is 143 Å². The van der Waals surface area contributed by atoms with Gasteiger partial charge in [-0.15, -0.1) is 0 Å². The summed E-state index contributed by atoms with van der Waals surface area (Å²) in [7, 11) is 2.07. The average Bonchev–Trinajstić information content (AvgIpc) is 2.95. The highest BCUT2D eigenvalue weighted by Crippen LogP contribution is 2.27. The maximum Gasteiger partial charge on any atom is 0.244 e. The van der Waals surface area contributed by atoms with E-state index in [4.69, 9.17) is 16.3 Å². The van der Waals surface area contributed by atoms with Crippen LogP contribution in [0, 0.1) is 5.92 Å². The average molecular weight is 337 g/mol. The van der Waals surface area contributed by atoms with Crippen molar-refractivity contribution < 1.29 is 9.53 Å². The van der Waals surface area contributed by atoms with Crippen molar-refractivity contribution in [1.82, 2.24) is 4.90 Å². The van der Waals surface area contributed by atoms with Gasteiger partial charge in [-0.05, 0) is 63.4 Å². The Morgan fingerprint density at radius 2 is 2.09 bits per heavy atom. The van der Waals surface area contributed by atoms with E-state index in [1.54, 1.807) is 0 Å². The second-order valence-electron chi connectivity index (χ2n) is 6.60. The van der Waals surface area contributed by atoms with E-state index in [0.717, 1.165) is 63.6 Å². The molecule has 2 aliphatic rings. The Morgan fingerprint density at radius 1 is 1.30 bits per heavy atom. The molecule has 0 saturated carbocycles. The zero-order valence-corrected chi connectivity index (χ0v) is 14.5. The highest BCUT2D eigenvalue weighted by atomic mass is 35.5. The SMILES string of the molecule is CN(CCC1CCOCC1)C1CCN(c2cccc(Cl)c2)C1=O. The lowest BCUT2D eigenvalue weighted by Crippen LogP contribution is -2.40. The number of hydrogen-bond donors (Lipinski definition) is 0. The fourth-order valence-corrected chi connectivity index (χ4v) is 3.74. The van der Waals surface area contributed by atoms with Crippen LogP contribution in [0.4, 0.5) is 5.69 Å². The van der Waals surface area contributed by atoms with E-state index in [1.807, 2.05) is 29.2 Å². The maximum absolute atomic E-state index is 12.7. The number of benzene rings is 1. The van der Waals surface area contributed by atoms with E-state index >= 15 is 0 Å². The summed E-state index contributed by atoms with van der Waals surface area (Å²) in [5.74, 6) is 0.938. The van der Waals surface area contributed by atoms with Crippen LogP contribution in [0.15, 0.2) is 24.3 Å². The maximum atomic E-state index is 12.7. The number of rotatable bonds is 5. The van der Waals surface area contributed by atoms with E-state index in [9.17, 15) is 4.79 Å². The standard InChI is InChI=1S/C18H25ClN2O2/c1-20(9-5-14-7-11-23-12-8-14)17-6-10-21(18(17)22)16-4-2-3-15(19)13-16/h2-4,13-14,17H,5-12H2,1H3. The van der Waals surface area contributed by atoms with Gasteiger partial charge in [-0.3, -0.25) is 9.69 Å². The van der Waals surface area contributed by atoms with Gasteiger partial charge in [0.05, 0.1) is 6.04 Å². The van der Waals surface area contributed by atoms with Crippen molar-refractivity contribution in [2.75, 3.05) is 38.3 Å². The summed E-state index contributed by atoms with van der Waals surface area (Å²) >= 11 is 6.05. The molecule has 5 heteroatoms. The monoisotopic (exact) mass is 336 g/mol. The van der Waals surface area contributed by atoms with E-state index in [0.29, 0.717) is 5.02 Å². The van der Waals surface area contributed by atoms with Gasteiger partial charge in [0.15, 0.2) is 0 Å². The van der Waals surface area contributed by atoms with Crippen LogP contribution in [-0.4, -0.2) is 50.2 Å². The minimum Gasteiger partial charge on any atom is -0.381 e. The molecule has 0 bridgehead atoms. The highest BCUT2D eigenvalue weighted by Gasteiger charge is 2.35. The first-order chi connectivity index (χ1) is 11.1. The minimum atomic E-state index is -0.00572. The van der Waals surface area contributed by atoms with Gasteiger partial charge in [0, 0.05) is 30.5 Å². The molecule has 0 aromatic heterocycles. The first-order valence-electron chi connectivity index (χ1n) is 8.50. The number of amides is 1. The molecule has 126 valence electrons. The van der Waals surface area contributed by atoms with Crippen LogP contribution >= 0.6 is 11.6 Å². The van der Waals surface area contributed by atoms with Crippen molar-refractivity contribution in [2.45, 2.75) is 31.7 Å². The Bertz CT molecular complexity index is 546. The van der Waals surface area contributed by atoms with Crippen molar-refractivity contribution in [3.05, 3.63) is 29.3 Å². The molecule has 2 saturated heterocycles. The van der Waals surface area contributed by atoms with Crippen LogP contribution in [0.2, 0.25) is 5.02 Å². The molecule has 0 aliphatic carbocycles. The quantitative estimate of drug-likeness (QED) is 0.827. The zero-order chi connectivity index (χ0) is 16.2. The van der Waals surface area contributed by atoms with Crippen LogP contribution in [0.25, 0.3) is 0 Å². The van der Waals surface area contributed by atoms with Gasteiger partial charge in [0.1, 0.15) is 0 Å². The van der Waals surface area contributed by atoms with Crippen LogP contribution in [0.5, 0.6) is 0 Å². The van der Waals surface area contributed by atoms with Crippen molar-refractivity contribution in [2.24, 2.45) is 5.92 Å². The molecule has 1 unspecified atom stereocenters. The fourth-order valence-electron chi connectivity index (χ4n) is 3.55. The van der Waals surface area contributed by atoms with Gasteiger partial charge in [0.2, 0.25) is 5.91 Å². The third-order valence-corrected chi connectivity index (χ3v) is 5.30. The minimum absolute atomic E-state index is 0.00572. The van der Waals surface area contributed by atoms with Gasteiger partial charge in [0.25, 0.3) is 0 Å². The number of halogens is 1.